The summed E-state index contributed by atoms with van der Waals surface area (Å²) in [6.07, 6.45) is 8.72. The average molecular weight is 164 g/mol. The van der Waals surface area contributed by atoms with Gasteiger partial charge in [0.2, 0.25) is 0 Å². The van der Waals surface area contributed by atoms with E-state index < -0.39 is 0 Å². The fraction of sp³-hybridized carbons (Fsp3) is 0.545. The van der Waals surface area contributed by atoms with Crippen LogP contribution < -0.4 is 0 Å². The number of carbonyl (C=O) groups excluding carboxylic acids is 1. The van der Waals surface area contributed by atoms with Crippen molar-refractivity contribution in [1.29, 1.82) is 0 Å². The van der Waals surface area contributed by atoms with Gasteiger partial charge in [-0.1, -0.05) is 26.0 Å². The lowest BCUT2D eigenvalue weighted by Crippen LogP contribution is -2.03. The van der Waals surface area contributed by atoms with Crippen molar-refractivity contribution in [1.82, 2.24) is 0 Å². The first kappa shape index (κ1) is 9.24. The lowest BCUT2D eigenvalue weighted by molar-refractivity contribution is -0.111. The fourth-order valence-corrected chi connectivity index (χ4v) is 1.24. The van der Waals surface area contributed by atoms with Crippen molar-refractivity contribution in [3.63, 3.8) is 0 Å². The van der Waals surface area contributed by atoms with Crippen LogP contribution in [0.1, 0.15) is 33.1 Å². The van der Waals surface area contributed by atoms with E-state index >= 15 is 0 Å². The van der Waals surface area contributed by atoms with Crippen LogP contribution in [0.2, 0.25) is 0 Å². The molecule has 1 nitrogen and oxygen atoms in total. The van der Waals surface area contributed by atoms with E-state index in [4.69, 9.17) is 0 Å². The van der Waals surface area contributed by atoms with E-state index in [1.807, 2.05) is 6.08 Å². The summed E-state index contributed by atoms with van der Waals surface area (Å²) in [6, 6.07) is 0. The normalized spacial score (nSPS) is 20.9. The number of rotatable bonds is 2. The SMILES string of the molecule is CC(C)C/C=C1/CCC=CC1=O. The maximum atomic E-state index is 11.3. The molecule has 1 aliphatic rings. The quantitative estimate of drug-likeness (QED) is 0.573. The lowest BCUT2D eigenvalue weighted by atomic mass is 9.97. The second-order valence-electron chi connectivity index (χ2n) is 3.66. The number of hydrogen-bond acceptors (Lipinski definition) is 1. The van der Waals surface area contributed by atoms with Crippen LogP contribution in [0.4, 0.5) is 0 Å². The molecule has 1 aliphatic carbocycles. The molecule has 66 valence electrons. The van der Waals surface area contributed by atoms with Gasteiger partial charge in [-0.2, -0.15) is 0 Å². The minimum absolute atomic E-state index is 0.210. The van der Waals surface area contributed by atoms with Gasteiger partial charge in [-0.3, -0.25) is 4.79 Å². The van der Waals surface area contributed by atoms with Crippen molar-refractivity contribution in [2.24, 2.45) is 5.92 Å². The molecule has 0 N–H and O–H groups in total. The summed E-state index contributed by atoms with van der Waals surface area (Å²) in [4.78, 5) is 11.3. The standard InChI is InChI=1S/C11H16O/c1-9(2)7-8-10-5-3-4-6-11(10)12/h4,6,8-9H,3,5,7H2,1-2H3/b10-8-. The molecule has 0 aromatic carbocycles. The molecule has 0 unspecified atom stereocenters. The van der Waals surface area contributed by atoms with Gasteiger partial charge in [0.25, 0.3) is 0 Å². The minimum atomic E-state index is 0.210. The third-order valence-corrected chi connectivity index (χ3v) is 2.00. The van der Waals surface area contributed by atoms with Crippen LogP contribution in [-0.4, -0.2) is 5.78 Å². The van der Waals surface area contributed by atoms with Gasteiger partial charge >= 0.3 is 0 Å². The van der Waals surface area contributed by atoms with Gasteiger partial charge in [-0.15, -0.1) is 0 Å². The van der Waals surface area contributed by atoms with Gasteiger partial charge < -0.3 is 0 Å². The summed E-state index contributed by atoms with van der Waals surface area (Å²) < 4.78 is 0. The lowest BCUT2D eigenvalue weighted by Gasteiger charge is -2.07. The second kappa shape index (κ2) is 4.24. The molecule has 0 spiro atoms. The predicted octanol–water partition coefficient (Wildman–Crippen LogP) is 2.88. The molecule has 0 bridgehead atoms. The summed E-state index contributed by atoms with van der Waals surface area (Å²) >= 11 is 0. The smallest absolute Gasteiger partial charge is 0.181 e. The Morgan fingerprint density at radius 3 is 2.92 bits per heavy atom. The van der Waals surface area contributed by atoms with E-state index in [0.29, 0.717) is 5.92 Å². The van der Waals surface area contributed by atoms with Gasteiger partial charge in [-0.05, 0) is 36.8 Å². The van der Waals surface area contributed by atoms with Gasteiger partial charge in [0.15, 0.2) is 5.78 Å². The minimum Gasteiger partial charge on any atom is -0.290 e. The summed E-state index contributed by atoms with van der Waals surface area (Å²) in [6.45, 7) is 4.33. The van der Waals surface area contributed by atoms with Crippen molar-refractivity contribution in [2.45, 2.75) is 33.1 Å². The van der Waals surface area contributed by atoms with Crippen LogP contribution in [0.25, 0.3) is 0 Å². The molecular formula is C11H16O. The van der Waals surface area contributed by atoms with Crippen molar-refractivity contribution >= 4 is 5.78 Å². The topological polar surface area (TPSA) is 17.1 Å². The molecule has 0 heterocycles. The van der Waals surface area contributed by atoms with E-state index in [9.17, 15) is 4.79 Å². The first-order chi connectivity index (χ1) is 5.70. The van der Waals surface area contributed by atoms with E-state index in [2.05, 4.69) is 19.9 Å². The third kappa shape index (κ3) is 2.65. The molecule has 0 saturated heterocycles. The number of hydrogen-bond donors (Lipinski definition) is 0. The molecule has 1 rings (SSSR count). The largest absolute Gasteiger partial charge is 0.290 e. The van der Waals surface area contributed by atoms with Crippen molar-refractivity contribution in [2.75, 3.05) is 0 Å². The first-order valence-corrected chi connectivity index (χ1v) is 4.60. The molecule has 12 heavy (non-hydrogen) atoms. The molecule has 0 aliphatic heterocycles. The fourth-order valence-electron chi connectivity index (χ4n) is 1.24. The predicted molar refractivity (Wildman–Crippen MR) is 50.9 cm³/mol. The Hall–Kier alpha value is -0.850. The molecule has 1 heteroatoms. The van der Waals surface area contributed by atoms with Gasteiger partial charge in [-0.25, -0.2) is 0 Å². The molecule has 0 radical (unpaired) electrons. The monoisotopic (exact) mass is 164 g/mol. The van der Waals surface area contributed by atoms with E-state index in [0.717, 1.165) is 24.8 Å². The Kier molecular flexibility index (Phi) is 3.27. The van der Waals surface area contributed by atoms with Gasteiger partial charge in [0.1, 0.15) is 0 Å². The highest BCUT2D eigenvalue weighted by Crippen LogP contribution is 2.15. The second-order valence-corrected chi connectivity index (χ2v) is 3.66. The van der Waals surface area contributed by atoms with Crippen LogP contribution >= 0.6 is 0 Å². The van der Waals surface area contributed by atoms with Crippen molar-refractivity contribution < 1.29 is 4.79 Å². The summed E-state index contributed by atoms with van der Waals surface area (Å²) in [5.41, 5.74) is 1.01. The zero-order valence-corrected chi connectivity index (χ0v) is 7.84. The van der Waals surface area contributed by atoms with Crippen LogP contribution in [0.5, 0.6) is 0 Å². The Balaban J connectivity index is 2.56. The molecule has 0 aromatic rings. The van der Waals surface area contributed by atoms with Gasteiger partial charge in [0, 0.05) is 0 Å². The zero-order chi connectivity index (χ0) is 8.97. The molecule has 0 saturated carbocycles. The zero-order valence-electron chi connectivity index (χ0n) is 7.84. The molecular weight excluding hydrogens is 148 g/mol. The maximum absolute atomic E-state index is 11.3. The summed E-state index contributed by atoms with van der Waals surface area (Å²) in [5.74, 6) is 0.859. The van der Waals surface area contributed by atoms with Crippen molar-refractivity contribution in [3.05, 3.63) is 23.8 Å². The summed E-state index contributed by atoms with van der Waals surface area (Å²) in [5, 5.41) is 0. The Labute approximate surface area is 74.2 Å². The number of ketones is 1. The number of allylic oxidation sites excluding steroid dienone is 4. The third-order valence-electron chi connectivity index (χ3n) is 2.00. The number of carbonyl (C=O) groups is 1. The Morgan fingerprint density at radius 2 is 2.33 bits per heavy atom. The average Bonchev–Trinajstić information content (AvgIpc) is 2.03. The Bertz CT molecular complexity index is 221. The highest BCUT2D eigenvalue weighted by molar-refractivity contribution is 6.04. The van der Waals surface area contributed by atoms with Crippen LogP contribution in [0.3, 0.4) is 0 Å². The molecule has 0 atom stereocenters. The Morgan fingerprint density at radius 1 is 1.58 bits per heavy atom. The van der Waals surface area contributed by atoms with E-state index in [1.165, 1.54) is 0 Å². The van der Waals surface area contributed by atoms with Crippen LogP contribution in [-0.2, 0) is 4.79 Å². The maximum Gasteiger partial charge on any atom is 0.181 e. The molecule has 0 aromatic heterocycles. The van der Waals surface area contributed by atoms with Crippen LogP contribution in [0.15, 0.2) is 23.8 Å². The molecule has 0 amide bonds. The molecule has 0 fully saturated rings. The van der Waals surface area contributed by atoms with Crippen LogP contribution in [0, 0.1) is 5.92 Å². The first-order valence-electron chi connectivity index (χ1n) is 4.60. The van der Waals surface area contributed by atoms with Crippen molar-refractivity contribution in [3.8, 4) is 0 Å². The van der Waals surface area contributed by atoms with E-state index in [-0.39, 0.29) is 5.78 Å². The van der Waals surface area contributed by atoms with E-state index in [1.54, 1.807) is 6.08 Å². The summed E-state index contributed by atoms with van der Waals surface area (Å²) in [7, 11) is 0. The highest BCUT2D eigenvalue weighted by Gasteiger charge is 2.08. The highest BCUT2D eigenvalue weighted by atomic mass is 16.1. The van der Waals surface area contributed by atoms with Gasteiger partial charge in [0.05, 0.1) is 0 Å².